The molecule has 1 rings (SSSR count). The summed E-state index contributed by atoms with van der Waals surface area (Å²) in [4.78, 5) is -0.128. The third-order valence-electron chi connectivity index (χ3n) is 1.64. The Morgan fingerprint density at radius 3 is 2.50 bits per heavy atom. The van der Waals surface area contributed by atoms with E-state index in [0.29, 0.717) is 0 Å². The largest absolute Gasteiger partial charge is 0.262 e. The molecular weight excluding hydrogens is 337 g/mol. The van der Waals surface area contributed by atoms with E-state index >= 15 is 0 Å². The zero-order valence-electron chi connectivity index (χ0n) is 7.08. The van der Waals surface area contributed by atoms with E-state index in [2.05, 4.69) is 0 Å². The van der Waals surface area contributed by atoms with E-state index in [1.54, 1.807) is 13.0 Å². The molecule has 0 aliphatic rings. The van der Waals surface area contributed by atoms with Crippen LogP contribution in [0.4, 0.5) is 0 Å². The minimum atomic E-state index is -3.84. The molecule has 74 valence electrons. The van der Waals surface area contributed by atoms with Crippen molar-refractivity contribution >= 4 is 42.3 Å². The van der Waals surface area contributed by atoms with Crippen molar-refractivity contribution in [2.45, 2.75) is 11.8 Å². The van der Waals surface area contributed by atoms with Crippen molar-refractivity contribution in [3.63, 3.8) is 0 Å². The number of hydrogen-bond donors (Lipinski definition) is 0. The topological polar surface area (TPSA) is 57.9 Å². The van der Waals surface area contributed by atoms with Gasteiger partial charge in [-0.2, -0.15) is 5.26 Å². The summed E-state index contributed by atoms with van der Waals surface area (Å²) in [5.41, 5.74) is 0.934. The van der Waals surface area contributed by atoms with E-state index in [1.165, 1.54) is 12.1 Å². The molecule has 6 heteroatoms. The highest BCUT2D eigenvalue weighted by atomic mass is 127. The van der Waals surface area contributed by atoms with Crippen molar-refractivity contribution in [3.05, 3.63) is 26.8 Å². The molecule has 1 aromatic rings. The molecule has 14 heavy (non-hydrogen) atoms. The third-order valence-corrected chi connectivity index (χ3v) is 4.17. The molecule has 0 unspecified atom stereocenters. The van der Waals surface area contributed by atoms with E-state index < -0.39 is 9.05 Å². The van der Waals surface area contributed by atoms with Gasteiger partial charge in [0.15, 0.2) is 0 Å². The Morgan fingerprint density at radius 2 is 2.07 bits per heavy atom. The van der Waals surface area contributed by atoms with E-state index in [0.717, 1.165) is 9.13 Å². The molecule has 1 aromatic carbocycles. The number of rotatable bonds is 1. The first-order valence-electron chi connectivity index (χ1n) is 3.51. The monoisotopic (exact) mass is 341 g/mol. The first-order valence-corrected chi connectivity index (χ1v) is 6.90. The van der Waals surface area contributed by atoms with Gasteiger partial charge >= 0.3 is 0 Å². The van der Waals surface area contributed by atoms with Crippen molar-refractivity contribution < 1.29 is 8.42 Å². The van der Waals surface area contributed by atoms with Crippen molar-refractivity contribution in [2.24, 2.45) is 0 Å². The Hall–Kier alpha value is -0.320. The maximum Gasteiger partial charge on any atom is 0.262 e. The summed E-state index contributed by atoms with van der Waals surface area (Å²) in [6, 6.07) is 4.71. The molecule has 0 N–H and O–H groups in total. The summed E-state index contributed by atoms with van der Waals surface area (Å²) in [6.07, 6.45) is 0. The summed E-state index contributed by atoms with van der Waals surface area (Å²) >= 11 is 1.99. The predicted octanol–water partition coefficient (Wildman–Crippen LogP) is 2.40. The number of benzene rings is 1. The van der Waals surface area contributed by atoms with Gasteiger partial charge in [-0.3, -0.25) is 0 Å². The van der Waals surface area contributed by atoms with Crippen molar-refractivity contribution in [2.75, 3.05) is 0 Å². The smallest absolute Gasteiger partial charge is 0.207 e. The van der Waals surface area contributed by atoms with E-state index in [1.807, 2.05) is 22.6 Å². The molecule has 0 heterocycles. The fourth-order valence-electron chi connectivity index (χ4n) is 0.952. The van der Waals surface area contributed by atoms with Gasteiger partial charge in [-0.25, -0.2) is 8.42 Å². The fourth-order valence-corrected chi connectivity index (χ4v) is 2.64. The SMILES string of the molecule is Cc1cc(C#N)c(S(=O)(=O)Cl)cc1I. The van der Waals surface area contributed by atoms with Gasteiger partial charge in [0.25, 0.3) is 9.05 Å². The fraction of sp³-hybridized carbons (Fsp3) is 0.125. The first-order chi connectivity index (χ1) is 6.36. The van der Waals surface area contributed by atoms with Gasteiger partial charge < -0.3 is 0 Å². The van der Waals surface area contributed by atoms with Crippen LogP contribution in [-0.4, -0.2) is 8.42 Å². The number of aryl methyl sites for hydroxylation is 1. The molecule has 0 saturated carbocycles. The van der Waals surface area contributed by atoms with Gasteiger partial charge in [-0.05, 0) is 47.2 Å². The highest BCUT2D eigenvalue weighted by Gasteiger charge is 2.17. The lowest BCUT2D eigenvalue weighted by atomic mass is 10.2. The molecule has 0 aliphatic heterocycles. The van der Waals surface area contributed by atoms with E-state index in [9.17, 15) is 8.42 Å². The minimum absolute atomic E-state index is 0.0814. The van der Waals surface area contributed by atoms with Crippen molar-refractivity contribution in [3.8, 4) is 6.07 Å². The molecule has 0 radical (unpaired) electrons. The van der Waals surface area contributed by atoms with Crippen LogP contribution in [0.2, 0.25) is 0 Å². The average molecular weight is 342 g/mol. The highest BCUT2D eigenvalue weighted by molar-refractivity contribution is 14.1. The number of nitriles is 1. The maximum absolute atomic E-state index is 11.1. The molecule has 0 saturated heterocycles. The number of halogens is 2. The van der Waals surface area contributed by atoms with Crippen LogP contribution in [0.5, 0.6) is 0 Å². The Balaban J connectivity index is 3.61. The normalized spacial score (nSPS) is 11.0. The number of nitrogens with zero attached hydrogens (tertiary/aromatic N) is 1. The zero-order valence-corrected chi connectivity index (χ0v) is 10.8. The quantitative estimate of drug-likeness (QED) is 0.582. The summed E-state index contributed by atoms with van der Waals surface area (Å²) in [6.45, 7) is 1.80. The van der Waals surface area contributed by atoms with Crippen LogP contribution in [0.1, 0.15) is 11.1 Å². The molecule has 3 nitrogen and oxygen atoms in total. The third kappa shape index (κ3) is 2.38. The zero-order chi connectivity index (χ0) is 10.9. The van der Waals surface area contributed by atoms with Gasteiger partial charge in [-0.15, -0.1) is 0 Å². The lowest BCUT2D eigenvalue weighted by molar-refractivity contribution is 0.609. The highest BCUT2D eigenvalue weighted by Crippen LogP contribution is 2.24. The lowest BCUT2D eigenvalue weighted by Gasteiger charge is -2.03. The number of hydrogen-bond acceptors (Lipinski definition) is 3. The van der Waals surface area contributed by atoms with E-state index in [4.69, 9.17) is 15.9 Å². The van der Waals surface area contributed by atoms with Gasteiger partial charge in [0.2, 0.25) is 0 Å². The molecule has 0 atom stereocenters. The molecule has 0 bridgehead atoms. The van der Waals surface area contributed by atoms with E-state index in [-0.39, 0.29) is 10.5 Å². The van der Waals surface area contributed by atoms with Crippen LogP contribution in [0, 0.1) is 21.8 Å². The Bertz CT molecular complexity index is 519. The van der Waals surface area contributed by atoms with Crippen molar-refractivity contribution in [1.29, 1.82) is 5.26 Å². The van der Waals surface area contributed by atoms with Crippen LogP contribution in [0.25, 0.3) is 0 Å². The summed E-state index contributed by atoms with van der Waals surface area (Å²) in [7, 11) is 1.34. The standard InChI is InChI=1S/C8H5ClINO2S/c1-5-2-6(4-11)8(3-7(5)10)14(9,12)13/h2-3H,1H3. The second kappa shape index (κ2) is 4.04. The summed E-state index contributed by atoms with van der Waals surface area (Å²) in [5.74, 6) is 0. The van der Waals surface area contributed by atoms with Gasteiger partial charge in [0, 0.05) is 14.3 Å². The van der Waals surface area contributed by atoms with Crippen LogP contribution in [0.15, 0.2) is 17.0 Å². The molecule has 0 amide bonds. The second-order valence-electron chi connectivity index (χ2n) is 2.65. The minimum Gasteiger partial charge on any atom is -0.207 e. The molecule has 0 aliphatic carbocycles. The Kier molecular flexibility index (Phi) is 3.40. The van der Waals surface area contributed by atoms with Crippen LogP contribution in [-0.2, 0) is 9.05 Å². The van der Waals surface area contributed by atoms with Gasteiger partial charge in [-0.1, -0.05) is 0 Å². The lowest BCUT2D eigenvalue weighted by Crippen LogP contribution is -1.97. The van der Waals surface area contributed by atoms with Crippen LogP contribution < -0.4 is 0 Å². The van der Waals surface area contributed by atoms with Crippen LogP contribution in [0.3, 0.4) is 0 Å². The van der Waals surface area contributed by atoms with Crippen molar-refractivity contribution in [1.82, 2.24) is 0 Å². The Labute approximate surface area is 100 Å². The molecular formula is C8H5ClINO2S. The average Bonchev–Trinajstić information content (AvgIpc) is 2.07. The first kappa shape index (κ1) is 11.8. The summed E-state index contributed by atoms with van der Waals surface area (Å²) in [5, 5.41) is 8.72. The van der Waals surface area contributed by atoms with Gasteiger partial charge in [0.05, 0.1) is 5.56 Å². The van der Waals surface area contributed by atoms with Crippen LogP contribution >= 0.6 is 33.3 Å². The second-order valence-corrected chi connectivity index (χ2v) is 6.34. The Morgan fingerprint density at radius 1 is 1.50 bits per heavy atom. The molecule has 0 fully saturated rings. The molecule has 0 spiro atoms. The maximum atomic E-state index is 11.1. The predicted molar refractivity (Wildman–Crippen MR) is 61.6 cm³/mol. The summed E-state index contributed by atoms with van der Waals surface area (Å²) < 4.78 is 22.9. The molecule has 0 aromatic heterocycles. The van der Waals surface area contributed by atoms with Gasteiger partial charge in [0.1, 0.15) is 11.0 Å².